The van der Waals surface area contributed by atoms with Crippen LogP contribution in [0.4, 0.5) is 18.9 Å². The number of hydrogen-bond donors (Lipinski definition) is 1. The quantitative estimate of drug-likeness (QED) is 0.489. The Hall–Kier alpha value is -2.30. The van der Waals surface area contributed by atoms with Crippen molar-refractivity contribution in [1.82, 2.24) is 4.90 Å². The molecule has 2 aromatic rings. The highest BCUT2D eigenvalue weighted by molar-refractivity contribution is 7.92. The van der Waals surface area contributed by atoms with Crippen LogP contribution < -0.4 is 4.90 Å². The van der Waals surface area contributed by atoms with Gasteiger partial charge in [-0.3, -0.25) is 4.79 Å². The van der Waals surface area contributed by atoms with Crippen LogP contribution in [-0.2, 0) is 20.2 Å². The summed E-state index contributed by atoms with van der Waals surface area (Å²) in [5.41, 5.74) is -3.20. The Morgan fingerprint density at radius 2 is 1.49 bits per heavy atom. The third-order valence-corrected chi connectivity index (χ3v) is 10.8. The number of piperidine rings is 2. The average molecular weight is 587 g/mol. The van der Waals surface area contributed by atoms with E-state index in [0.29, 0.717) is 18.8 Å². The van der Waals surface area contributed by atoms with E-state index in [9.17, 15) is 31.5 Å². The topological polar surface area (TPSA) is 77.9 Å². The normalized spacial score (nSPS) is 19.8. The second-order valence-electron chi connectivity index (χ2n) is 10.7. The fraction of sp³-hybridized carbons (Fsp3) is 0.536. The summed E-state index contributed by atoms with van der Waals surface area (Å²) in [6, 6.07) is 11.5. The zero-order chi connectivity index (χ0) is 28.6. The summed E-state index contributed by atoms with van der Waals surface area (Å²) in [6.45, 7) is 5.05. The summed E-state index contributed by atoms with van der Waals surface area (Å²) in [5, 5.41) is 10.3. The van der Waals surface area contributed by atoms with Crippen molar-refractivity contribution in [1.29, 1.82) is 0 Å². The minimum atomic E-state index is -5.14. The van der Waals surface area contributed by atoms with Gasteiger partial charge in [-0.2, -0.15) is 13.2 Å². The van der Waals surface area contributed by atoms with Gasteiger partial charge in [0.05, 0.1) is 15.2 Å². The van der Waals surface area contributed by atoms with E-state index in [2.05, 4.69) is 4.90 Å². The van der Waals surface area contributed by atoms with E-state index in [1.807, 2.05) is 0 Å². The zero-order valence-corrected chi connectivity index (χ0v) is 23.6. The lowest BCUT2D eigenvalue weighted by Gasteiger charge is -2.42. The molecule has 0 radical (unpaired) electrons. The molecule has 4 rings (SSSR count). The van der Waals surface area contributed by atoms with Crippen molar-refractivity contribution >= 4 is 33.0 Å². The second kappa shape index (κ2) is 11.3. The van der Waals surface area contributed by atoms with Crippen molar-refractivity contribution < 1.29 is 31.5 Å². The SMILES string of the molecule is CC(C)S(=O)(=O)c1ccc(N2CCC(C3CCN(C(=O)[C@](O)(c4ccccc4)C(F)(F)F)CC3)CC2)cc1Cl. The molecule has 214 valence electrons. The van der Waals surface area contributed by atoms with Crippen LogP contribution in [0, 0.1) is 11.8 Å². The van der Waals surface area contributed by atoms with E-state index in [-0.39, 0.29) is 28.9 Å². The number of amides is 1. The number of nitrogens with zero attached hydrogens (tertiary/aromatic N) is 2. The van der Waals surface area contributed by atoms with Crippen LogP contribution in [0.3, 0.4) is 0 Å². The molecule has 2 aliphatic heterocycles. The van der Waals surface area contributed by atoms with E-state index in [4.69, 9.17) is 11.6 Å². The Labute approximate surface area is 232 Å². The highest BCUT2D eigenvalue weighted by Crippen LogP contribution is 2.42. The van der Waals surface area contributed by atoms with Crippen LogP contribution >= 0.6 is 11.6 Å². The Balaban J connectivity index is 1.35. The van der Waals surface area contributed by atoms with Gasteiger partial charge < -0.3 is 14.9 Å². The number of alkyl halides is 3. The van der Waals surface area contributed by atoms with Gasteiger partial charge in [0.25, 0.3) is 11.5 Å². The van der Waals surface area contributed by atoms with E-state index in [0.717, 1.165) is 48.7 Å². The van der Waals surface area contributed by atoms with Crippen LogP contribution in [0.5, 0.6) is 0 Å². The van der Waals surface area contributed by atoms with E-state index in [1.54, 1.807) is 32.0 Å². The lowest BCUT2D eigenvalue weighted by molar-refractivity contribution is -0.262. The molecule has 1 atom stereocenters. The molecule has 2 fully saturated rings. The molecule has 0 bridgehead atoms. The Kier molecular flexibility index (Phi) is 8.59. The molecule has 0 spiro atoms. The Bertz CT molecular complexity index is 1270. The first-order chi connectivity index (χ1) is 18.3. The number of likely N-dealkylation sites (tertiary alicyclic amines) is 1. The largest absolute Gasteiger partial charge is 0.430 e. The maximum absolute atomic E-state index is 13.9. The number of sulfone groups is 1. The van der Waals surface area contributed by atoms with E-state index < -0.39 is 38.3 Å². The number of carbonyl (C=O) groups is 1. The van der Waals surface area contributed by atoms with Gasteiger partial charge in [-0.25, -0.2) is 8.42 Å². The number of benzene rings is 2. The standard InChI is InChI=1S/C28H34ClF3N2O4S/c1-19(2)39(37,38)25-9-8-23(18-24(25)29)33-14-10-20(11-15-33)21-12-16-34(17-13-21)26(35)27(36,28(30,31)32)22-6-4-3-5-7-22/h3-9,18-21,36H,10-17H2,1-2H3/t27-/m1/s1. The first-order valence-corrected chi connectivity index (χ1v) is 15.1. The third kappa shape index (κ3) is 5.79. The van der Waals surface area contributed by atoms with Crippen molar-refractivity contribution in [2.75, 3.05) is 31.1 Å². The van der Waals surface area contributed by atoms with Gasteiger partial charge >= 0.3 is 6.18 Å². The van der Waals surface area contributed by atoms with Crippen molar-refractivity contribution in [2.45, 2.75) is 61.5 Å². The van der Waals surface area contributed by atoms with Gasteiger partial charge in [0, 0.05) is 37.4 Å². The number of carbonyl (C=O) groups excluding carboxylic acids is 1. The zero-order valence-electron chi connectivity index (χ0n) is 22.0. The molecule has 11 heteroatoms. The van der Waals surface area contributed by atoms with Crippen molar-refractivity contribution in [3.05, 3.63) is 59.1 Å². The van der Waals surface area contributed by atoms with Gasteiger partial charge in [0.1, 0.15) is 0 Å². The Morgan fingerprint density at radius 1 is 0.949 bits per heavy atom. The summed E-state index contributed by atoms with van der Waals surface area (Å²) >= 11 is 6.34. The average Bonchev–Trinajstić information content (AvgIpc) is 2.92. The first-order valence-electron chi connectivity index (χ1n) is 13.2. The van der Waals surface area contributed by atoms with Crippen LogP contribution in [0.2, 0.25) is 5.02 Å². The summed E-state index contributed by atoms with van der Waals surface area (Å²) < 4.78 is 66.8. The number of rotatable bonds is 6. The molecule has 1 N–H and O–H groups in total. The number of halogens is 4. The smallest absolute Gasteiger partial charge is 0.371 e. The first kappa shape index (κ1) is 29.7. The van der Waals surface area contributed by atoms with E-state index in [1.165, 1.54) is 18.2 Å². The molecule has 2 aromatic carbocycles. The van der Waals surface area contributed by atoms with Gasteiger partial charge in [-0.1, -0.05) is 41.9 Å². The molecule has 2 saturated heterocycles. The van der Waals surface area contributed by atoms with Gasteiger partial charge in [-0.05, 0) is 69.6 Å². The maximum atomic E-state index is 13.9. The van der Waals surface area contributed by atoms with Crippen molar-refractivity contribution in [3.8, 4) is 0 Å². The molecular formula is C28H34ClF3N2O4S. The molecule has 2 aliphatic rings. The molecule has 0 aromatic heterocycles. The molecular weight excluding hydrogens is 553 g/mol. The minimum absolute atomic E-state index is 0.129. The number of anilines is 1. The summed E-state index contributed by atoms with van der Waals surface area (Å²) in [6.07, 6.45) is -2.24. The molecule has 39 heavy (non-hydrogen) atoms. The second-order valence-corrected chi connectivity index (χ2v) is 13.6. The highest BCUT2D eigenvalue weighted by Gasteiger charge is 2.62. The Morgan fingerprint density at radius 3 is 1.97 bits per heavy atom. The maximum Gasteiger partial charge on any atom is 0.430 e. The number of aliphatic hydroxyl groups is 1. The summed E-state index contributed by atoms with van der Waals surface area (Å²) in [7, 11) is -3.48. The summed E-state index contributed by atoms with van der Waals surface area (Å²) in [5.74, 6) is -0.687. The minimum Gasteiger partial charge on any atom is -0.371 e. The van der Waals surface area contributed by atoms with Crippen LogP contribution in [0.1, 0.15) is 45.1 Å². The predicted octanol–water partition coefficient (Wildman–Crippen LogP) is 5.43. The lowest BCUT2D eigenvalue weighted by Crippen LogP contribution is -2.57. The molecule has 0 saturated carbocycles. The predicted molar refractivity (Wildman–Crippen MR) is 144 cm³/mol. The molecule has 2 heterocycles. The van der Waals surface area contributed by atoms with Crippen molar-refractivity contribution in [2.24, 2.45) is 11.8 Å². The third-order valence-electron chi connectivity index (χ3n) is 8.15. The monoisotopic (exact) mass is 586 g/mol. The number of hydrogen-bond acceptors (Lipinski definition) is 5. The van der Waals surface area contributed by atoms with E-state index >= 15 is 0 Å². The molecule has 6 nitrogen and oxygen atoms in total. The van der Waals surface area contributed by atoms with Gasteiger partial charge in [0.15, 0.2) is 9.84 Å². The molecule has 0 unspecified atom stereocenters. The fourth-order valence-electron chi connectivity index (χ4n) is 5.69. The lowest BCUT2D eigenvalue weighted by atomic mass is 9.78. The molecule has 1 amide bonds. The fourth-order valence-corrected chi connectivity index (χ4v) is 7.28. The van der Waals surface area contributed by atoms with Gasteiger partial charge in [-0.15, -0.1) is 0 Å². The highest BCUT2D eigenvalue weighted by atomic mass is 35.5. The summed E-state index contributed by atoms with van der Waals surface area (Å²) in [4.78, 5) is 16.4. The van der Waals surface area contributed by atoms with Crippen LogP contribution in [0.15, 0.2) is 53.4 Å². The van der Waals surface area contributed by atoms with Crippen LogP contribution in [0.25, 0.3) is 0 Å². The van der Waals surface area contributed by atoms with Crippen molar-refractivity contribution in [3.63, 3.8) is 0 Å². The molecule has 0 aliphatic carbocycles. The van der Waals surface area contributed by atoms with Crippen LogP contribution in [-0.4, -0.2) is 61.9 Å². The van der Waals surface area contributed by atoms with Gasteiger partial charge in [0.2, 0.25) is 0 Å².